The lowest BCUT2D eigenvalue weighted by Gasteiger charge is -2.31. The Hall–Kier alpha value is -0.260. The van der Waals surface area contributed by atoms with Gasteiger partial charge in [-0.1, -0.05) is 0 Å². The SMILES string of the molecule is CSC1CCN(C(=O)CCOCCN)CC1. The summed E-state index contributed by atoms with van der Waals surface area (Å²) in [5, 5.41) is 0.734. The number of ether oxygens (including phenoxy) is 1. The second-order valence-electron chi connectivity index (χ2n) is 3.97. The van der Waals surface area contributed by atoms with Crippen molar-refractivity contribution in [1.29, 1.82) is 0 Å². The molecule has 2 N–H and O–H groups in total. The first-order valence-electron chi connectivity index (χ1n) is 5.86. The van der Waals surface area contributed by atoms with Crippen LogP contribution in [0.5, 0.6) is 0 Å². The van der Waals surface area contributed by atoms with Gasteiger partial charge in [0.15, 0.2) is 0 Å². The second-order valence-corrected chi connectivity index (χ2v) is 5.10. The molecule has 0 spiro atoms. The highest BCUT2D eigenvalue weighted by atomic mass is 32.2. The highest BCUT2D eigenvalue weighted by molar-refractivity contribution is 7.99. The molecule has 1 rings (SSSR count). The largest absolute Gasteiger partial charge is 0.380 e. The summed E-state index contributed by atoms with van der Waals surface area (Å²) in [6.45, 7) is 3.37. The van der Waals surface area contributed by atoms with Gasteiger partial charge in [0, 0.05) is 24.9 Å². The highest BCUT2D eigenvalue weighted by Crippen LogP contribution is 2.21. The van der Waals surface area contributed by atoms with Crippen molar-refractivity contribution >= 4 is 17.7 Å². The highest BCUT2D eigenvalue weighted by Gasteiger charge is 2.21. The van der Waals surface area contributed by atoms with E-state index in [-0.39, 0.29) is 5.91 Å². The molecule has 0 radical (unpaired) electrons. The van der Waals surface area contributed by atoms with E-state index in [1.165, 1.54) is 0 Å². The zero-order chi connectivity index (χ0) is 11.8. The van der Waals surface area contributed by atoms with Crippen LogP contribution in [0, 0.1) is 0 Å². The van der Waals surface area contributed by atoms with Gasteiger partial charge in [-0.2, -0.15) is 11.8 Å². The Morgan fingerprint density at radius 2 is 2.12 bits per heavy atom. The van der Waals surface area contributed by atoms with Gasteiger partial charge in [-0.3, -0.25) is 4.79 Å². The van der Waals surface area contributed by atoms with Crippen molar-refractivity contribution < 1.29 is 9.53 Å². The van der Waals surface area contributed by atoms with Crippen molar-refractivity contribution in [2.45, 2.75) is 24.5 Å². The summed E-state index contributed by atoms with van der Waals surface area (Å²) in [4.78, 5) is 13.7. The van der Waals surface area contributed by atoms with Crippen LogP contribution in [-0.4, -0.2) is 55.2 Å². The van der Waals surface area contributed by atoms with Crippen LogP contribution in [0.1, 0.15) is 19.3 Å². The molecule has 1 heterocycles. The molecular weight excluding hydrogens is 224 g/mol. The normalized spacial score (nSPS) is 17.8. The van der Waals surface area contributed by atoms with Gasteiger partial charge in [0.25, 0.3) is 0 Å². The summed E-state index contributed by atoms with van der Waals surface area (Å²) in [6.07, 6.45) is 4.87. The van der Waals surface area contributed by atoms with E-state index >= 15 is 0 Å². The van der Waals surface area contributed by atoms with E-state index in [1.54, 1.807) is 0 Å². The number of likely N-dealkylation sites (tertiary alicyclic amines) is 1. The number of carbonyl (C=O) groups is 1. The first kappa shape index (κ1) is 13.8. The van der Waals surface area contributed by atoms with Crippen molar-refractivity contribution in [3.63, 3.8) is 0 Å². The van der Waals surface area contributed by atoms with Crippen LogP contribution in [0.15, 0.2) is 0 Å². The minimum absolute atomic E-state index is 0.219. The van der Waals surface area contributed by atoms with Gasteiger partial charge < -0.3 is 15.4 Å². The Morgan fingerprint density at radius 3 is 2.69 bits per heavy atom. The quantitative estimate of drug-likeness (QED) is 0.701. The van der Waals surface area contributed by atoms with Crippen LogP contribution in [0.2, 0.25) is 0 Å². The summed E-state index contributed by atoms with van der Waals surface area (Å²) in [6, 6.07) is 0. The Morgan fingerprint density at radius 1 is 1.44 bits per heavy atom. The predicted molar refractivity (Wildman–Crippen MR) is 67.6 cm³/mol. The van der Waals surface area contributed by atoms with E-state index in [0.29, 0.717) is 26.2 Å². The fourth-order valence-electron chi connectivity index (χ4n) is 1.84. The third-order valence-electron chi connectivity index (χ3n) is 2.85. The molecule has 0 saturated carbocycles. The lowest BCUT2D eigenvalue weighted by Crippen LogP contribution is -2.39. The topological polar surface area (TPSA) is 55.6 Å². The van der Waals surface area contributed by atoms with Gasteiger partial charge in [0.05, 0.1) is 19.6 Å². The number of piperidine rings is 1. The molecule has 1 aliphatic rings. The molecule has 1 fully saturated rings. The number of hydrogen-bond donors (Lipinski definition) is 1. The summed E-state index contributed by atoms with van der Waals surface area (Å²) >= 11 is 1.91. The van der Waals surface area contributed by atoms with Crippen LogP contribution in [-0.2, 0) is 9.53 Å². The summed E-state index contributed by atoms with van der Waals surface area (Å²) in [7, 11) is 0. The van der Waals surface area contributed by atoms with Crippen molar-refractivity contribution in [2.75, 3.05) is 39.1 Å². The Bertz CT molecular complexity index is 206. The molecule has 0 aliphatic carbocycles. The Balaban J connectivity index is 2.13. The maximum Gasteiger partial charge on any atom is 0.224 e. The third-order valence-corrected chi connectivity index (χ3v) is 3.99. The summed E-state index contributed by atoms with van der Waals surface area (Å²) in [5.74, 6) is 0.219. The minimum Gasteiger partial charge on any atom is -0.380 e. The van der Waals surface area contributed by atoms with E-state index in [0.717, 1.165) is 31.2 Å². The number of hydrogen-bond acceptors (Lipinski definition) is 4. The van der Waals surface area contributed by atoms with E-state index < -0.39 is 0 Å². The molecule has 0 aromatic carbocycles. The maximum absolute atomic E-state index is 11.8. The maximum atomic E-state index is 11.8. The van der Waals surface area contributed by atoms with E-state index in [2.05, 4.69) is 6.26 Å². The summed E-state index contributed by atoms with van der Waals surface area (Å²) in [5.41, 5.74) is 5.30. The van der Waals surface area contributed by atoms with Crippen LogP contribution in [0.3, 0.4) is 0 Å². The third kappa shape index (κ3) is 4.72. The molecule has 0 unspecified atom stereocenters. The Kier molecular flexibility index (Phi) is 6.84. The van der Waals surface area contributed by atoms with E-state index in [4.69, 9.17) is 10.5 Å². The van der Waals surface area contributed by atoms with Crippen LogP contribution in [0.25, 0.3) is 0 Å². The van der Waals surface area contributed by atoms with Gasteiger partial charge in [-0.05, 0) is 19.1 Å². The smallest absolute Gasteiger partial charge is 0.224 e. The monoisotopic (exact) mass is 246 g/mol. The average molecular weight is 246 g/mol. The van der Waals surface area contributed by atoms with Gasteiger partial charge in [0.2, 0.25) is 5.91 Å². The number of thioether (sulfide) groups is 1. The molecule has 0 atom stereocenters. The van der Waals surface area contributed by atoms with Gasteiger partial charge in [-0.15, -0.1) is 0 Å². The zero-order valence-corrected chi connectivity index (χ0v) is 10.8. The number of carbonyl (C=O) groups excluding carboxylic acids is 1. The summed E-state index contributed by atoms with van der Waals surface area (Å²) < 4.78 is 5.21. The fourth-order valence-corrected chi connectivity index (χ4v) is 2.53. The lowest BCUT2D eigenvalue weighted by molar-refractivity contribution is -0.133. The molecule has 5 heteroatoms. The molecule has 4 nitrogen and oxygen atoms in total. The molecule has 0 bridgehead atoms. The van der Waals surface area contributed by atoms with Crippen molar-refractivity contribution in [1.82, 2.24) is 4.90 Å². The Labute approximate surface area is 102 Å². The van der Waals surface area contributed by atoms with Gasteiger partial charge >= 0.3 is 0 Å². The van der Waals surface area contributed by atoms with E-state index in [1.807, 2.05) is 16.7 Å². The standard InChI is InChI=1S/C11H22N2O2S/c1-16-10-2-6-13(7-3-10)11(14)4-8-15-9-5-12/h10H,2-9,12H2,1H3. The minimum atomic E-state index is 0.219. The molecule has 16 heavy (non-hydrogen) atoms. The fraction of sp³-hybridized carbons (Fsp3) is 0.909. The van der Waals surface area contributed by atoms with Crippen LogP contribution < -0.4 is 5.73 Å². The zero-order valence-electron chi connectivity index (χ0n) is 9.98. The number of nitrogens with two attached hydrogens (primary N) is 1. The number of rotatable bonds is 6. The lowest BCUT2D eigenvalue weighted by atomic mass is 10.1. The molecule has 0 aromatic rings. The van der Waals surface area contributed by atoms with Crippen molar-refractivity contribution in [3.8, 4) is 0 Å². The van der Waals surface area contributed by atoms with Crippen molar-refractivity contribution in [3.05, 3.63) is 0 Å². The van der Waals surface area contributed by atoms with Gasteiger partial charge in [0.1, 0.15) is 0 Å². The molecular formula is C11H22N2O2S. The first-order valence-corrected chi connectivity index (χ1v) is 7.15. The van der Waals surface area contributed by atoms with Crippen molar-refractivity contribution in [2.24, 2.45) is 5.73 Å². The average Bonchev–Trinajstić information content (AvgIpc) is 2.34. The van der Waals surface area contributed by atoms with Gasteiger partial charge in [-0.25, -0.2) is 0 Å². The van der Waals surface area contributed by atoms with Crippen LogP contribution >= 0.6 is 11.8 Å². The molecule has 0 aromatic heterocycles. The number of nitrogens with zero attached hydrogens (tertiary/aromatic N) is 1. The first-order chi connectivity index (χ1) is 7.77. The second kappa shape index (κ2) is 7.92. The molecule has 94 valence electrons. The molecule has 1 aliphatic heterocycles. The molecule has 1 saturated heterocycles. The predicted octanol–water partition coefficient (Wildman–Crippen LogP) is 0.706. The van der Waals surface area contributed by atoms with Crippen LogP contribution in [0.4, 0.5) is 0 Å². The van der Waals surface area contributed by atoms with E-state index in [9.17, 15) is 4.79 Å². The number of amides is 1. The molecule has 1 amide bonds.